The Kier molecular flexibility index (Phi) is 7.01. The molecule has 0 spiro atoms. The van der Waals surface area contributed by atoms with E-state index in [1.807, 2.05) is 73.8 Å². The van der Waals surface area contributed by atoms with E-state index in [0.29, 0.717) is 12.1 Å². The second-order valence-corrected chi connectivity index (χ2v) is 8.86. The van der Waals surface area contributed by atoms with Crippen LogP contribution < -0.4 is 10.6 Å². The Morgan fingerprint density at radius 2 is 1.88 bits per heavy atom. The minimum Gasteiger partial charge on any atom is -0.481 e. The molecule has 6 nitrogen and oxygen atoms in total. The maximum Gasteiger partial charge on any atom is 0.303 e. The van der Waals surface area contributed by atoms with E-state index in [4.69, 9.17) is 10.1 Å². The van der Waals surface area contributed by atoms with Crippen LogP contribution in [0.15, 0.2) is 76.2 Å². The topological polar surface area (TPSA) is 90.8 Å². The summed E-state index contributed by atoms with van der Waals surface area (Å²) < 4.78 is 0.892. The first-order chi connectivity index (χ1) is 15.9. The number of hydrogen-bond acceptors (Lipinski definition) is 4. The Labute approximate surface area is 200 Å². The molecule has 1 unspecified atom stereocenters. The van der Waals surface area contributed by atoms with Gasteiger partial charge in [-0.15, -0.1) is 0 Å². The number of nitrogens with one attached hydrogen (secondary N) is 2. The van der Waals surface area contributed by atoms with Gasteiger partial charge in [-0.2, -0.15) is 0 Å². The molecular weight excluding hydrogens is 482 g/mol. The van der Waals surface area contributed by atoms with Crippen LogP contribution >= 0.6 is 15.9 Å². The summed E-state index contributed by atoms with van der Waals surface area (Å²) in [6, 6.07) is 21.3. The maximum atomic E-state index is 13.1. The number of nitrogens with zero attached hydrogens (tertiary/aromatic N) is 1. The molecule has 0 saturated carbocycles. The highest BCUT2D eigenvalue weighted by Gasteiger charge is 2.35. The third-order valence-electron chi connectivity index (χ3n) is 5.54. The van der Waals surface area contributed by atoms with E-state index in [-0.39, 0.29) is 12.3 Å². The Morgan fingerprint density at radius 3 is 2.61 bits per heavy atom. The molecule has 0 aromatic heterocycles. The summed E-state index contributed by atoms with van der Waals surface area (Å²) in [5.41, 5.74) is 5.92. The highest BCUT2D eigenvalue weighted by Crippen LogP contribution is 2.38. The lowest BCUT2D eigenvalue weighted by molar-refractivity contribution is -0.137. The molecule has 1 aliphatic rings. The van der Waals surface area contributed by atoms with Crippen molar-refractivity contribution in [1.82, 2.24) is 5.32 Å². The quantitative estimate of drug-likeness (QED) is 0.374. The Morgan fingerprint density at radius 1 is 1.09 bits per heavy atom. The van der Waals surface area contributed by atoms with Gasteiger partial charge in [0, 0.05) is 23.1 Å². The van der Waals surface area contributed by atoms with E-state index < -0.39 is 11.9 Å². The summed E-state index contributed by atoms with van der Waals surface area (Å²) in [6.45, 7) is 0.720. The Bertz CT molecular complexity index is 1220. The molecular formula is C26H24BrN3O3. The molecule has 0 saturated heterocycles. The van der Waals surface area contributed by atoms with Crippen LogP contribution in [0.4, 0.5) is 11.4 Å². The molecule has 3 N–H and O–H groups in total. The summed E-state index contributed by atoms with van der Waals surface area (Å²) in [5, 5.41) is 15.1. The van der Waals surface area contributed by atoms with Crippen LogP contribution in [0.3, 0.4) is 0 Å². The van der Waals surface area contributed by atoms with E-state index in [0.717, 1.165) is 44.6 Å². The van der Waals surface area contributed by atoms with E-state index in [1.54, 1.807) is 0 Å². The standard InChI is InChI=1S/C26H24BrN3O3/c1-28-15-17-3-2-4-20(13-17)29-25(18-8-5-16(6-9-18)7-12-23(31)32)24-21-11-10-19(27)14-22(21)30-26(24)33/h2-6,8-11,13-14,24,28H,7,12,15H2,1H3,(H,30,33)(H,31,32). The number of carboxylic acids is 1. The molecule has 0 bridgehead atoms. The monoisotopic (exact) mass is 505 g/mol. The van der Waals surface area contributed by atoms with Crippen LogP contribution in [0, 0.1) is 0 Å². The van der Waals surface area contributed by atoms with Crippen molar-refractivity contribution < 1.29 is 14.7 Å². The number of aliphatic carboxylic acids is 1. The van der Waals surface area contributed by atoms with Crippen LogP contribution in [0.25, 0.3) is 0 Å². The van der Waals surface area contributed by atoms with Crippen molar-refractivity contribution in [1.29, 1.82) is 0 Å². The summed E-state index contributed by atoms with van der Waals surface area (Å²) in [5.74, 6) is -1.50. The van der Waals surface area contributed by atoms with Crippen LogP contribution in [-0.2, 0) is 22.6 Å². The fourth-order valence-corrected chi connectivity index (χ4v) is 4.34. The van der Waals surface area contributed by atoms with Gasteiger partial charge in [-0.05, 0) is 60.0 Å². The number of halogens is 1. The second-order valence-electron chi connectivity index (χ2n) is 7.94. The van der Waals surface area contributed by atoms with Crippen molar-refractivity contribution in [3.8, 4) is 0 Å². The number of anilines is 1. The first-order valence-electron chi connectivity index (χ1n) is 10.7. The number of aliphatic imine (C=N–C) groups is 1. The number of rotatable bonds is 8. The molecule has 1 amide bonds. The van der Waals surface area contributed by atoms with Crippen molar-refractivity contribution in [3.05, 3.63) is 93.5 Å². The number of benzene rings is 3. The number of carboxylic acid groups (broad SMARTS) is 1. The smallest absolute Gasteiger partial charge is 0.303 e. The SMILES string of the molecule is CNCc1cccc(N=C(c2ccc(CCC(=O)O)cc2)C2C(=O)Nc3cc(Br)ccc32)c1. The van der Waals surface area contributed by atoms with Gasteiger partial charge in [0.2, 0.25) is 5.91 Å². The molecule has 7 heteroatoms. The zero-order chi connectivity index (χ0) is 23.4. The van der Waals surface area contributed by atoms with Crippen LogP contribution in [-0.4, -0.2) is 29.7 Å². The molecule has 0 fully saturated rings. The van der Waals surface area contributed by atoms with Gasteiger partial charge in [-0.1, -0.05) is 58.4 Å². The number of carbonyl (C=O) groups excluding carboxylic acids is 1. The van der Waals surface area contributed by atoms with E-state index in [9.17, 15) is 9.59 Å². The summed E-state index contributed by atoms with van der Waals surface area (Å²) in [6.07, 6.45) is 0.529. The fourth-order valence-electron chi connectivity index (χ4n) is 3.97. The van der Waals surface area contributed by atoms with Crippen molar-refractivity contribution in [2.24, 2.45) is 4.99 Å². The van der Waals surface area contributed by atoms with Gasteiger partial charge in [-0.25, -0.2) is 0 Å². The molecule has 0 aliphatic carbocycles. The van der Waals surface area contributed by atoms with Crippen molar-refractivity contribution >= 4 is 44.9 Å². The predicted molar refractivity (Wildman–Crippen MR) is 133 cm³/mol. The van der Waals surface area contributed by atoms with Gasteiger partial charge in [-0.3, -0.25) is 14.6 Å². The minimum absolute atomic E-state index is 0.0752. The highest BCUT2D eigenvalue weighted by atomic mass is 79.9. The lowest BCUT2D eigenvalue weighted by Gasteiger charge is -2.15. The molecule has 0 radical (unpaired) electrons. The molecule has 1 heterocycles. The number of carbonyl (C=O) groups is 2. The summed E-state index contributed by atoms with van der Waals surface area (Å²) >= 11 is 3.47. The van der Waals surface area contributed by atoms with Gasteiger partial charge in [0.15, 0.2) is 0 Å². The first kappa shape index (κ1) is 22.9. The van der Waals surface area contributed by atoms with Crippen molar-refractivity contribution in [2.75, 3.05) is 12.4 Å². The molecule has 33 heavy (non-hydrogen) atoms. The Balaban J connectivity index is 1.77. The second kappa shape index (κ2) is 10.1. The molecule has 3 aromatic rings. The lowest BCUT2D eigenvalue weighted by atomic mass is 9.90. The number of hydrogen-bond donors (Lipinski definition) is 3. The van der Waals surface area contributed by atoms with Gasteiger partial charge in [0.1, 0.15) is 5.92 Å². The first-order valence-corrected chi connectivity index (χ1v) is 11.5. The molecule has 1 aliphatic heterocycles. The van der Waals surface area contributed by atoms with Crippen LogP contribution in [0.5, 0.6) is 0 Å². The summed E-state index contributed by atoms with van der Waals surface area (Å²) in [4.78, 5) is 28.9. The third kappa shape index (κ3) is 5.38. The highest BCUT2D eigenvalue weighted by molar-refractivity contribution is 9.10. The minimum atomic E-state index is -0.826. The van der Waals surface area contributed by atoms with E-state index in [2.05, 4.69) is 26.6 Å². The Hall–Kier alpha value is -3.29. The van der Waals surface area contributed by atoms with Crippen molar-refractivity contribution in [3.63, 3.8) is 0 Å². The molecule has 3 aromatic carbocycles. The number of amides is 1. The van der Waals surface area contributed by atoms with Gasteiger partial charge in [0.25, 0.3) is 0 Å². The maximum absolute atomic E-state index is 13.1. The zero-order valence-electron chi connectivity index (χ0n) is 18.1. The third-order valence-corrected chi connectivity index (χ3v) is 6.03. The lowest BCUT2D eigenvalue weighted by Crippen LogP contribution is -2.22. The molecule has 4 rings (SSSR count). The van der Waals surface area contributed by atoms with Gasteiger partial charge in [0.05, 0.1) is 11.4 Å². The number of fused-ring (bicyclic) bond motifs is 1. The van der Waals surface area contributed by atoms with E-state index >= 15 is 0 Å². The molecule has 1 atom stereocenters. The normalized spacial score (nSPS) is 15.3. The van der Waals surface area contributed by atoms with Gasteiger partial charge >= 0.3 is 5.97 Å². The number of aryl methyl sites for hydroxylation is 1. The fraction of sp³-hybridized carbons (Fsp3) is 0.192. The van der Waals surface area contributed by atoms with Gasteiger partial charge < -0.3 is 15.7 Å². The van der Waals surface area contributed by atoms with E-state index in [1.165, 1.54) is 0 Å². The zero-order valence-corrected chi connectivity index (χ0v) is 19.7. The molecule has 168 valence electrons. The van der Waals surface area contributed by atoms with Crippen LogP contribution in [0.1, 0.15) is 34.6 Å². The summed E-state index contributed by atoms with van der Waals surface area (Å²) in [7, 11) is 1.89. The average molecular weight is 506 g/mol. The largest absolute Gasteiger partial charge is 0.481 e. The average Bonchev–Trinajstić information content (AvgIpc) is 3.11. The van der Waals surface area contributed by atoms with Crippen LogP contribution in [0.2, 0.25) is 0 Å². The van der Waals surface area contributed by atoms with Crippen molar-refractivity contribution in [2.45, 2.75) is 25.3 Å². The predicted octanol–water partition coefficient (Wildman–Crippen LogP) is 5.04.